The van der Waals surface area contributed by atoms with Gasteiger partial charge in [0.1, 0.15) is 5.92 Å². The summed E-state index contributed by atoms with van der Waals surface area (Å²) >= 11 is 0. The van der Waals surface area contributed by atoms with Gasteiger partial charge in [-0.1, -0.05) is 32.9 Å². The van der Waals surface area contributed by atoms with Crippen molar-refractivity contribution < 1.29 is 10.0 Å². The lowest BCUT2D eigenvalue weighted by molar-refractivity contribution is -0.136. The van der Waals surface area contributed by atoms with E-state index in [0.29, 0.717) is 12.5 Å². The quantitative estimate of drug-likeness (QED) is 0.330. The molecule has 0 aromatic carbocycles. The van der Waals surface area contributed by atoms with Crippen molar-refractivity contribution in [1.29, 1.82) is 0 Å². The third-order valence-electron chi connectivity index (χ3n) is 2.84. The molecule has 0 radical (unpaired) electrons. The first-order valence-corrected chi connectivity index (χ1v) is 6.50. The molecule has 0 rings (SSSR count). The second-order valence-corrected chi connectivity index (χ2v) is 5.72. The fourth-order valence-corrected chi connectivity index (χ4v) is 1.94. The molecular weight excluding hydrogens is 230 g/mol. The van der Waals surface area contributed by atoms with Crippen LogP contribution in [0.25, 0.3) is 0 Å². The summed E-state index contributed by atoms with van der Waals surface area (Å²) in [7, 11) is 0. The molecule has 0 aromatic rings. The zero-order valence-corrected chi connectivity index (χ0v) is 12.3. The van der Waals surface area contributed by atoms with E-state index in [9.17, 15) is 4.79 Å². The van der Waals surface area contributed by atoms with Gasteiger partial charge in [0.2, 0.25) is 5.91 Å². The Morgan fingerprint density at radius 3 is 2.00 bits per heavy atom. The molecule has 18 heavy (non-hydrogen) atoms. The van der Waals surface area contributed by atoms with Crippen LogP contribution in [0.1, 0.15) is 41.5 Å². The van der Waals surface area contributed by atoms with E-state index in [1.54, 1.807) is 4.90 Å². The maximum Gasteiger partial charge on any atom is 0.233 e. The Balaban J connectivity index is 5.14. The lowest BCUT2D eigenvalue weighted by atomic mass is 9.92. The van der Waals surface area contributed by atoms with Crippen LogP contribution in [0.4, 0.5) is 0 Å². The van der Waals surface area contributed by atoms with Gasteiger partial charge >= 0.3 is 0 Å². The van der Waals surface area contributed by atoms with Crippen LogP contribution in [0.3, 0.4) is 0 Å². The molecule has 0 aliphatic rings. The highest BCUT2D eigenvalue weighted by molar-refractivity contribution is 6.02. The minimum absolute atomic E-state index is 0.00168. The van der Waals surface area contributed by atoms with Crippen molar-refractivity contribution >= 4 is 11.7 Å². The third kappa shape index (κ3) is 4.55. The molecule has 1 unspecified atom stereocenters. The van der Waals surface area contributed by atoms with Gasteiger partial charge in [0, 0.05) is 12.6 Å². The molecular formula is C13H27N3O2. The molecule has 0 spiro atoms. The average Bonchev–Trinajstić information content (AvgIpc) is 2.24. The molecule has 0 aliphatic heterocycles. The van der Waals surface area contributed by atoms with Crippen molar-refractivity contribution in [2.24, 2.45) is 28.6 Å². The van der Waals surface area contributed by atoms with E-state index < -0.39 is 5.92 Å². The molecule has 1 amide bonds. The number of nitrogens with zero attached hydrogens (tertiary/aromatic N) is 2. The Hall–Kier alpha value is -1.26. The van der Waals surface area contributed by atoms with Gasteiger partial charge in [-0.25, -0.2) is 0 Å². The van der Waals surface area contributed by atoms with Gasteiger partial charge in [0.25, 0.3) is 0 Å². The number of amidine groups is 1. The molecule has 0 saturated carbocycles. The Morgan fingerprint density at radius 1 is 1.22 bits per heavy atom. The SMILES string of the molecule is CC(C)CN(C(=O)C(/C(N)=N\O)C(C)C)C(C)C. The predicted molar refractivity (Wildman–Crippen MR) is 73.4 cm³/mol. The molecule has 106 valence electrons. The van der Waals surface area contributed by atoms with E-state index in [-0.39, 0.29) is 23.7 Å². The van der Waals surface area contributed by atoms with Crippen molar-refractivity contribution in [2.75, 3.05) is 6.54 Å². The predicted octanol–water partition coefficient (Wildman–Crippen LogP) is 1.90. The molecule has 5 nitrogen and oxygen atoms in total. The summed E-state index contributed by atoms with van der Waals surface area (Å²) in [6.07, 6.45) is 0. The van der Waals surface area contributed by atoms with Crippen LogP contribution in [0.5, 0.6) is 0 Å². The van der Waals surface area contributed by atoms with Crippen molar-refractivity contribution in [3.63, 3.8) is 0 Å². The summed E-state index contributed by atoms with van der Waals surface area (Å²) in [5.74, 6) is -0.247. The molecule has 3 N–H and O–H groups in total. The molecule has 0 heterocycles. The van der Waals surface area contributed by atoms with Crippen molar-refractivity contribution in [1.82, 2.24) is 4.90 Å². The molecule has 5 heteroatoms. The van der Waals surface area contributed by atoms with Crippen LogP contribution in [0.15, 0.2) is 5.16 Å². The largest absolute Gasteiger partial charge is 0.409 e. The first kappa shape index (κ1) is 16.7. The molecule has 0 aliphatic carbocycles. The maximum absolute atomic E-state index is 12.5. The number of carbonyl (C=O) groups excluding carboxylic acids is 1. The Morgan fingerprint density at radius 2 is 1.72 bits per heavy atom. The normalized spacial score (nSPS) is 14.4. The number of hydrogen-bond donors (Lipinski definition) is 2. The fourth-order valence-electron chi connectivity index (χ4n) is 1.94. The van der Waals surface area contributed by atoms with Gasteiger partial charge < -0.3 is 15.8 Å². The summed E-state index contributed by atoms with van der Waals surface area (Å²) < 4.78 is 0. The van der Waals surface area contributed by atoms with E-state index in [1.807, 2.05) is 27.7 Å². The lowest BCUT2D eigenvalue weighted by Crippen LogP contribution is -2.48. The van der Waals surface area contributed by atoms with E-state index in [0.717, 1.165) is 0 Å². The average molecular weight is 257 g/mol. The smallest absolute Gasteiger partial charge is 0.233 e. The number of oxime groups is 1. The second-order valence-electron chi connectivity index (χ2n) is 5.72. The van der Waals surface area contributed by atoms with Gasteiger partial charge in [-0.2, -0.15) is 0 Å². The van der Waals surface area contributed by atoms with Crippen molar-refractivity contribution in [3.8, 4) is 0 Å². The van der Waals surface area contributed by atoms with Gasteiger partial charge in [-0.3, -0.25) is 4.79 Å². The fraction of sp³-hybridized carbons (Fsp3) is 0.846. The minimum Gasteiger partial charge on any atom is -0.409 e. The number of rotatable bonds is 6. The standard InChI is InChI=1S/C13H27N3O2/c1-8(2)7-16(10(5)6)13(17)11(9(3)4)12(14)15-18/h8-11,18H,7H2,1-6H3,(H2,14,15). The van der Waals surface area contributed by atoms with Gasteiger partial charge in [0.05, 0.1) is 0 Å². The summed E-state index contributed by atoms with van der Waals surface area (Å²) in [4.78, 5) is 14.3. The highest BCUT2D eigenvalue weighted by Gasteiger charge is 2.32. The van der Waals surface area contributed by atoms with Gasteiger partial charge in [-0.15, -0.1) is 0 Å². The zero-order valence-electron chi connectivity index (χ0n) is 12.3. The van der Waals surface area contributed by atoms with Crippen molar-refractivity contribution in [3.05, 3.63) is 0 Å². The van der Waals surface area contributed by atoms with Crippen LogP contribution in [0.2, 0.25) is 0 Å². The van der Waals surface area contributed by atoms with Crippen molar-refractivity contribution in [2.45, 2.75) is 47.6 Å². The van der Waals surface area contributed by atoms with Gasteiger partial charge in [0.15, 0.2) is 5.84 Å². The Bertz CT molecular complexity index is 299. The van der Waals surface area contributed by atoms with Crippen LogP contribution in [-0.2, 0) is 4.79 Å². The number of carbonyl (C=O) groups is 1. The maximum atomic E-state index is 12.5. The highest BCUT2D eigenvalue weighted by Crippen LogP contribution is 2.17. The summed E-state index contributed by atoms with van der Waals surface area (Å²) in [5.41, 5.74) is 5.64. The van der Waals surface area contributed by atoms with E-state index in [2.05, 4.69) is 19.0 Å². The number of nitrogens with two attached hydrogens (primary N) is 1. The second kappa shape index (κ2) is 7.24. The van der Waals surface area contributed by atoms with Gasteiger partial charge in [-0.05, 0) is 25.7 Å². The molecule has 0 fully saturated rings. The Kier molecular flexibility index (Phi) is 6.73. The first-order chi connectivity index (χ1) is 8.22. The van der Waals surface area contributed by atoms with E-state index >= 15 is 0 Å². The molecule has 0 aromatic heterocycles. The lowest BCUT2D eigenvalue weighted by Gasteiger charge is -2.33. The zero-order chi connectivity index (χ0) is 14.5. The van der Waals surface area contributed by atoms with Crippen LogP contribution in [0, 0.1) is 17.8 Å². The number of hydrogen-bond acceptors (Lipinski definition) is 3. The first-order valence-electron chi connectivity index (χ1n) is 6.50. The van der Waals surface area contributed by atoms with Crippen LogP contribution in [-0.4, -0.2) is 34.4 Å². The van der Waals surface area contributed by atoms with E-state index in [4.69, 9.17) is 10.9 Å². The topological polar surface area (TPSA) is 78.9 Å². The van der Waals surface area contributed by atoms with E-state index in [1.165, 1.54) is 0 Å². The van der Waals surface area contributed by atoms with Crippen LogP contribution >= 0.6 is 0 Å². The third-order valence-corrected chi connectivity index (χ3v) is 2.84. The molecule has 0 saturated heterocycles. The highest BCUT2D eigenvalue weighted by atomic mass is 16.4. The molecule has 0 bridgehead atoms. The number of amides is 1. The van der Waals surface area contributed by atoms with Crippen LogP contribution < -0.4 is 5.73 Å². The molecule has 1 atom stereocenters. The summed E-state index contributed by atoms with van der Waals surface area (Å²) in [6.45, 7) is 12.6. The summed E-state index contributed by atoms with van der Waals surface area (Å²) in [6, 6.07) is 0.104. The summed E-state index contributed by atoms with van der Waals surface area (Å²) in [5, 5.41) is 11.8. The monoisotopic (exact) mass is 257 g/mol. The Labute approximate surface area is 110 Å². The minimum atomic E-state index is -0.559.